The highest BCUT2D eigenvalue weighted by molar-refractivity contribution is 5.94. The Morgan fingerprint density at radius 3 is 2.79 bits per heavy atom. The summed E-state index contributed by atoms with van der Waals surface area (Å²) in [5.41, 5.74) is 0.819. The van der Waals surface area contributed by atoms with Crippen LogP contribution in [0.15, 0.2) is 24.3 Å². The standard InChI is InChI=1S/C16H16F3N3O2/c17-16(18,19)11-6-2-1-4-9(11)13(8-23)20-15(24)14-10-5-3-7-12(10)21-22-14/h1-2,4,6,13,23H,3,5,7-8H2,(H,20,24)(H,21,22). The summed E-state index contributed by atoms with van der Waals surface area (Å²) < 4.78 is 39.4. The van der Waals surface area contributed by atoms with E-state index in [2.05, 4.69) is 15.5 Å². The number of amides is 1. The summed E-state index contributed by atoms with van der Waals surface area (Å²) in [6.07, 6.45) is -2.15. The molecule has 0 saturated heterocycles. The predicted molar refractivity (Wildman–Crippen MR) is 79.3 cm³/mol. The molecule has 5 nitrogen and oxygen atoms in total. The number of halogens is 3. The summed E-state index contributed by atoms with van der Waals surface area (Å²) >= 11 is 0. The highest BCUT2D eigenvalue weighted by atomic mass is 19.4. The average Bonchev–Trinajstić information content (AvgIpc) is 3.14. The number of aliphatic hydroxyl groups excluding tert-OH is 1. The van der Waals surface area contributed by atoms with Crippen LogP contribution in [0.3, 0.4) is 0 Å². The van der Waals surface area contributed by atoms with Crippen LogP contribution in [0.25, 0.3) is 0 Å². The van der Waals surface area contributed by atoms with Crippen LogP contribution in [0.4, 0.5) is 13.2 Å². The Labute approximate surface area is 135 Å². The molecule has 24 heavy (non-hydrogen) atoms. The number of fused-ring (bicyclic) bond motifs is 1. The molecule has 0 saturated carbocycles. The number of carbonyl (C=O) groups is 1. The number of aryl methyl sites for hydroxylation is 1. The quantitative estimate of drug-likeness (QED) is 0.800. The van der Waals surface area contributed by atoms with Crippen LogP contribution in [0.1, 0.15) is 45.3 Å². The van der Waals surface area contributed by atoms with Crippen LogP contribution in [0.2, 0.25) is 0 Å². The van der Waals surface area contributed by atoms with Gasteiger partial charge in [-0.15, -0.1) is 0 Å². The van der Waals surface area contributed by atoms with Crippen LogP contribution in [0.5, 0.6) is 0 Å². The molecule has 1 aromatic heterocycles. The van der Waals surface area contributed by atoms with E-state index in [1.54, 1.807) is 0 Å². The molecule has 0 radical (unpaired) electrons. The van der Waals surface area contributed by atoms with Gasteiger partial charge in [0.2, 0.25) is 0 Å². The highest BCUT2D eigenvalue weighted by Crippen LogP contribution is 2.34. The van der Waals surface area contributed by atoms with E-state index in [-0.39, 0.29) is 11.3 Å². The fraction of sp³-hybridized carbons (Fsp3) is 0.375. The maximum atomic E-state index is 13.1. The zero-order valence-electron chi connectivity index (χ0n) is 12.7. The minimum absolute atomic E-state index is 0.173. The van der Waals surface area contributed by atoms with E-state index in [0.29, 0.717) is 6.42 Å². The van der Waals surface area contributed by atoms with Gasteiger partial charge in [0.1, 0.15) is 0 Å². The maximum absolute atomic E-state index is 13.1. The van der Waals surface area contributed by atoms with Gasteiger partial charge in [-0.05, 0) is 30.9 Å². The number of nitrogens with one attached hydrogen (secondary N) is 2. The van der Waals surface area contributed by atoms with Crippen LogP contribution < -0.4 is 5.32 Å². The lowest BCUT2D eigenvalue weighted by Crippen LogP contribution is -2.33. The van der Waals surface area contributed by atoms with Crippen molar-refractivity contribution in [3.8, 4) is 0 Å². The van der Waals surface area contributed by atoms with Gasteiger partial charge in [0.05, 0.1) is 18.2 Å². The fourth-order valence-electron chi connectivity index (χ4n) is 3.01. The van der Waals surface area contributed by atoms with Crippen molar-refractivity contribution in [1.82, 2.24) is 15.5 Å². The van der Waals surface area contributed by atoms with Gasteiger partial charge in [0.15, 0.2) is 5.69 Å². The molecule has 1 unspecified atom stereocenters. The van der Waals surface area contributed by atoms with Crippen molar-refractivity contribution in [3.63, 3.8) is 0 Å². The number of carbonyl (C=O) groups excluding carboxylic acids is 1. The third-order valence-electron chi connectivity index (χ3n) is 4.15. The number of benzene rings is 1. The topological polar surface area (TPSA) is 78.0 Å². The minimum atomic E-state index is -4.57. The first-order valence-corrected chi connectivity index (χ1v) is 7.55. The number of aliphatic hydroxyl groups is 1. The van der Waals surface area contributed by atoms with Crippen LogP contribution in [0, 0.1) is 0 Å². The molecule has 1 amide bonds. The number of alkyl halides is 3. The van der Waals surface area contributed by atoms with Crippen molar-refractivity contribution >= 4 is 5.91 Å². The minimum Gasteiger partial charge on any atom is -0.394 e. The Balaban J connectivity index is 1.87. The summed E-state index contributed by atoms with van der Waals surface area (Å²) in [5, 5.41) is 18.7. The Hall–Kier alpha value is -2.35. The molecule has 1 aromatic carbocycles. The number of nitrogens with zero attached hydrogens (tertiary/aromatic N) is 1. The molecule has 1 aliphatic carbocycles. The monoisotopic (exact) mass is 339 g/mol. The van der Waals surface area contributed by atoms with E-state index in [1.165, 1.54) is 18.2 Å². The first-order chi connectivity index (χ1) is 11.4. The average molecular weight is 339 g/mol. The second kappa shape index (κ2) is 6.27. The van der Waals surface area contributed by atoms with E-state index in [0.717, 1.165) is 30.2 Å². The van der Waals surface area contributed by atoms with Crippen molar-refractivity contribution < 1.29 is 23.1 Å². The SMILES string of the molecule is O=C(NC(CO)c1ccccc1C(F)(F)F)c1n[nH]c2c1CCC2. The number of rotatable bonds is 4. The molecule has 0 spiro atoms. The molecule has 1 aliphatic rings. The third-order valence-corrected chi connectivity index (χ3v) is 4.15. The van der Waals surface area contributed by atoms with Gasteiger partial charge < -0.3 is 10.4 Å². The first kappa shape index (κ1) is 16.5. The number of hydrogen-bond acceptors (Lipinski definition) is 3. The number of H-pyrrole nitrogens is 1. The van der Waals surface area contributed by atoms with Crippen LogP contribution >= 0.6 is 0 Å². The molecule has 128 valence electrons. The van der Waals surface area contributed by atoms with E-state index < -0.39 is 30.3 Å². The van der Waals surface area contributed by atoms with Gasteiger partial charge in [-0.1, -0.05) is 18.2 Å². The lowest BCUT2D eigenvalue weighted by atomic mass is 10.00. The number of hydrogen-bond donors (Lipinski definition) is 3. The lowest BCUT2D eigenvalue weighted by Gasteiger charge is -2.21. The molecular formula is C16H16F3N3O2. The van der Waals surface area contributed by atoms with Gasteiger partial charge >= 0.3 is 6.18 Å². The molecule has 3 rings (SSSR count). The zero-order valence-corrected chi connectivity index (χ0v) is 12.7. The molecule has 2 aromatic rings. The summed E-state index contributed by atoms with van der Waals surface area (Å²) in [4.78, 5) is 12.4. The molecule has 0 fully saturated rings. The van der Waals surface area contributed by atoms with Gasteiger partial charge in [0.25, 0.3) is 5.91 Å². The largest absolute Gasteiger partial charge is 0.416 e. The molecule has 1 heterocycles. The summed E-state index contributed by atoms with van der Waals surface area (Å²) in [7, 11) is 0. The molecule has 8 heteroatoms. The smallest absolute Gasteiger partial charge is 0.394 e. The maximum Gasteiger partial charge on any atom is 0.416 e. The van der Waals surface area contributed by atoms with Gasteiger partial charge in [-0.25, -0.2) is 0 Å². The zero-order chi connectivity index (χ0) is 17.3. The van der Waals surface area contributed by atoms with Gasteiger partial charge in [0, 0.05) is 11.3 Å². The Bertz CT molecular complexity index is 755. The van der Waals surface area contributed by atoms with Crippen molar-refractivity contribution in [2.75, 3.05) is 6.61 Å². The summed E-state index contributed by atoms with van der Waals surface area (Å²) in [5.74, 6) is -0.592. The van der Waals surface area contributed by atoms with E-state index >= 15 is 0 Å². The Morgan fingerprint density at radius 2 is 2.08 bits per heavy atom. The van der Waals surface area contributed by atoms with Gasteiger partial charge in [-0.3, -0.25) is 9.89 Å². The van der Waals surface area contributed by atoms with Crippen LogP contribution in [-0.2, 0) is 19.0 Å². The number of aromatic nitrogens is 2. The van der Waals surface area contributed by atoms with Crippen LogP contribution in [-0.4, -0.2) is 27.8 Å². The summed E-state index contributed by atoms with van der Waals surface area (Å²) in [6.45, 7) is -0.647. The number of aromatic amines is 1. The first-order valence-electron chi connectivity index (χ1n) is 7.55. The molecular weight excluding hydrogens is 323 g/mol. The van der Waals surface area contributed by atoms with E-state index in [4.69, 9.17) is 0 Å². The Kier molecular flexibility index (Phi) is 4.31. The molecule has 3 N–H and O–H groups in total. The predicted octanol–water partition coefficient (Wildman–Crippen LogP) is 2.38. The Morgan fingerprint density at radius 1 is 1.33 bits per heavy atom. The lowest BCUT2D eigenvalue weighted by molar-refractivity contribution is -0.138. The van der Waals surface area contributed by atoms with Crippen molar-refractivity contribution in [3.05, 3.63) is 52.3 Å². The molecule has 0 bridgehead atoms. The highest BCUT2D eigenvalue weighted by Gasteiger charge is 2.35. The second-order valence-corrected chi connectivity index (χ2v) is 5.68. The van der Waals surface area contributed by atoms with Gasteiger partial charge in [-0.2, -0.15) is 18.3 Å². The van der Waals surface area contributed by atoms with E-state index in [1.807, 2.05) is 0 Å². The summed E-state index contributed by atoms with van der Waals surface area (Å²) in [6, 6.07) is 3.72. The van der Waals surface area contributed by atoms with E-state index in [9.17, 15) is 23.1 Å². The van der Waals surface area contributed by atoms with Crippen molar-refractivity contribution in [2.24, 2.45) is 0 Å². The molecule has 0 aliphatic heterocycles. The molecule has 1 atom stereocenters. The third kappa shape index (κ3) is 3.01. The fourth-order valence-corrected chi connectivity index (χ4v) is 3.01. The van der Waals surface area contributed by atoms with Crippen molar-refractivity contribution in [1.29, 1.82) is 0 Å². The van der Waals surface area contributed by atoms with Crippen molar-refractivity contribution in [2.45, 2.75) is 31.5 Å². The second-order valence-electron chi connectivity index (χ2n) is 5.68. The normalized spacial score (nSPS) is 15.2.